The number of aromatic nitrogens is 6. The van der Waals surface area contributed by atoms with Crippen LogP contribution in [0.3, 0.4) is 0 Å². The average molecular weight is 335 g/mol. The van der Waals surface area contributed by atoms with E-state index in [1.807, 2.05) is 0 Å². The summed E-state index contributed by atoms with van der Waals surface area (Å²) in [6.07, 6.45) is -0.358. The summed E-state index contributed by atoms with van der Waals surface area (Å²) >= 11 is 0. The van der Waals surface area contributed by atoms with Crippen LogP contribution in [0.15, 0.2) is 36.9 Å². The third kappa shape index (κ3) is 3.47. The lowest BCUT2D eigenvalue weighted by molar-refractivity contribution is -0.141. The predicted octanol–water partition coefficient (Wildman–Crippen LogP) is 2.85. The van der Waals surface area contributed by atoms with Gasteiger partial charge in [0.2, 0.25) is 0 Å². The summed E-state index contributed by atoms with van der Waals surface area (Å²) in [7, 11) is 0. The van der Waals surface area contributed by atoms with Crippen molar-refractivity contribution in [3.05, 3.63) is 48.4 Å². The standard InChI is InChI=1S/C14H12F3N7/c1-8(12-19-7-20-24-12)21-11-5-10(14(15,16)17)22-13(23-11)9-3-2-4-18-6-9/h2-8H,1H3,(H,19,20,24)(H,21,22,23)/t8-/m0/s1. The van der Waals surface area contributed by atoms with Crippen molar-refractivity contribution >= 4 is 5.82 Å². The van der Waals surface area contributed by atoms with E-state index in [-0.39, 0.29) is 11.6 Å². The topological polar surface area (TPSA) is 92.3 Å². The molecular formula is C14H12F3N7. The van der Waals surface area contributed by atoms with Crippen molar-refractivity contribution in [3.8, 4) is 11.4 Å². The molecule has 0 aliphatic rings. The molecule has 0 unspecified atom stereocenters. The van der Waals surface area contributed by atoms with E-state index in [1.165, 1.54) is 18.7 Å². The van der Waals surface area contributed by atoms with Gasteiger partial charge in [-0.1, -0.05) is 0 Å². The van der Waals surface area contributed by atoms with E-state index < -0.39 is 17.9 Å². The van der Waals surface area contributed by atoms with Crippen LogP contribution in [-0.4, -0.2) is 30.1 Å². The van der Waals surface area contributed by atoms with E-state index in [2.05, 4.69) is 35.5 Å². The summed E-state index contributed by atoms with van der Waals surface area (Å²) in [5.41, 5.74) is -0.650. The maximum Gasteiger partial charge on any atom is 0.433 e. The second-order valence-corrected chi connectivity index (χ2v) is 4.94. The maximum atomic E-state index is 13.1. The van der Waals surface area contributed by atoms with Gasteiger partial charge in [-0.15, -0.1) is 0 Å². The monoisotopic (exact) mass is 335 g/mol. The number of halogens is 3. The third-order valence-corrected chi connectivity index (χ3v) is 3.14. The molecule has 0 amide bonds. The number of hydrogen-bond acceptors (Lipinski definition) is 6. The summed E-state index contributed by atoms with van der Waals surface area (Å²) in [6.45, 7) is 1.72. The Bertz CT molecular complexity index is 803. The molecule has 24 heavy (non-hydrogen) atoms. The molecule has 1 atom stereocenters. The summed E-state index contributed by atoms with van der Waals surface area (Å²) in [5, 5.41) is 9.22. The van der Waals surface area contributed by atoms with Gasteiger partial charge in [-0.05, 0) is 19.1 Å². The highest BCUT2D eigenvalue weighted by atomic mass is 19.4. The fraction of sp³-hybridized carbons (Fsp3) is 0.214. The average Bonchev–Trinajstić information content (AvgIpc) is 3.09. The van der Waals surface area contributed by atoms with E-state index in [9.17, 15) is 13.2 Å². The Hall–Kier alpha value is -3.04. The highest BCUT2D eigenvalue weighted by Crippen LogP contribution is 2.31. The SMILES string of the molecule is C[C@H](Nc1cc(C(F)(F)F)nc(-c2cccnc2)n1)c1ncn[nH]1. The first-order valence-electron chi connectivity index (χ1n) is 6.92. The zero-order chi connectivity index (χ0) is 17.2. The largest absolute Gasteiger partial charge is 0.433 e. The molecule has 3 aromatic rings. The molecule has 0 saturated heterocycles. The second-order valence-electron chi connectivity index (χ2n) is 4.94. The van der Waals surface area contributed by atoms with Crippen molar-refractivity contribution in [1.29, 1.82) is 0 Å². The lowest BCUT2D eigenvalue weighted by atomic mass is 10.2. The fourth-order valence-electron chi connectivity index (χ4n) is 2.00. The van der Waals surface area contributed by atoms with Gasteiger partial charge in [0.15, 0.2) is 11.5 Å². The molecule has 3 rings (SSSR count). The quantitative estimate of drug-likeness (QED) is 0.762. The Morgan fingerprint density at radius 2 is 2.08 bits per heavy atom. The Kier molecular flexibility index (Phi) is 4.11. The number of pyridine rings is 1. The molecule has 7 nitrogen and oxygen atoms in total. The number of H-pyrrole nitrogens is 1. The van der Waals surface area contributed by atoms with Crippen molar-refractivity contribution in [2.75, 3.05) is 5.32 Å². The molecule has 0 aromatic carbocycles. The predicted molar refractivity (Wildman–Crippen MR) is 78.7 cm³/mol. The van der Waals surface area contributed by atoms with Gasteiger partial charge in [0.05, 0.1) is 6.04 Å². The van der Waals surface area contributed by atoms with E-state index in [0.29, 0.717) is 11.4 Å². The highest BCUT2D eigenvalue weighted by molar-refractivity contribution is 5.56. The van der Waals surface area contributed by atoms with Crippen LogP contribution >= 0.6 is 0 Å². The molecule has 0 saturated carbocycles. The zero-order valence-electron chi connectivity index (χ0n) is 12.4. The molecule has 0 aliphatic heterocycles. The van der Waals surface area contributed by atoms with Gasteiger partial charge in [0.1, 0.15) is 18.0 Å². The number of nitrogens with zero attached hydrogens (tertiary/aromatic N) is 5. The van der Waals surface area contributed by atoms with Gasteiger partial charge < -0.3 is 5.32 Å². The Morgan fingerprint density at radius 3 is 2.71 bits per heavy atom. The van der Waals surface area contributed by atoms with Crippen LogP contribution in [0.5, 0.6) is 0 Å². The van der Waals surface area contributed by atoms with Crippen LogP contribution in [0, 0.1) is 0 Å². The van der Waals surface area contributed by atoms with E-state index in [0.717, 1.165) is 6.07 Å². The van der Waals surface area contributed by atoms with Gasteiger partial charge in [-0.25, -0.2) is 15.0 Å². The van der Waals surface area contributed by atoms with Crippen molar-refractivity contribution in [2.45, 2.75) is 19.1 Å². The van der Waals surface area contributed by atoms with Crippen LogP contribution in [-0.2, 0) is 6.18 Å². The molecule has 0 aliphatic carbocycles. The van der Waals surface area contributed by atoms with Gasteiger partial charge in [-0.2, -0.15) is 18.3 Å². The fourth-order valence-corrected chi connectivity index (χ4v) is 2.00. The molecule has 3 aromatic heterocycles. The molecule has 2 N–H and O–H groups in total. The number of anilines is 1. The van der Waals surface area contributed by atoms with Crippen LogP contribution in [0.4, 0.5) is 19.0 Å². The lowest BCUT2D eigenvalue weighted by Crippen LogP contribution is -2.14. The summed E-state index contributed by atoms with van der Waals surface area (Å²) in [4.78, 5) is 15.6. The summed E-state index contributed by atoms with van der Waals surface area (Å²) in [5.74, 6) is 0.440. The molecule has 0 spiro atoms. The number of nitrogens with one attached hydrogen (secondary N) is 2. The second kappa shape index (κ2) is 6.22. The molecule has 3 heterocycles. The first kappa shape index (κ1) is 15.8. The van der Waals surface area contributed by atoms with E-state index in [4.69, 9.17) is 0 Å². The smallest absolute Gasteiger partial charge is 0.360 e. The van der Waals surface area contributed by atoms with Crippen LogP contribution in [0.2, 0.25) is 0 Å². The van der Waals surface area contributed by atoms with Crippen molar-refractivity contribution in [1.82, 2.24) is 30.1 Å². The molecule has 124 valence electrons. The van der Waals surface area contributed by atoms with E-state index in [1.54, 1.807) is 19.1 Å². The normalized spacial score (nSPS) is 12.8. The number of alkyl halides is 3. The van der Waals surface area contributed by atoms with Gasteiger partial charge in [-0.3, -0.25) is 10.1 Å². The summed E-state index contributed by atoms with van der Waals surface area (Å²) < 4.78 is 39.3. The van der Waals surface area contributed by atoms with Gasteiger partial charge in [0, 0.05) is 24.0 Å². The Morgan fingerprint density at radius 1 is 1.25 bits per heavy atom. The number of rotatable bonds is 4. The van der Waals surface area contributed by atoms with Crippen molar-refractivity contribution in [2.24, 2.45) is 0 Å². The third-order valence-electron chi connectivity index (χ3n) is 3.14. The van der Waals surface area contributed by atoms with E-state index >= 15 is 0 Å². The number of hydrogen-bond donors (Lipinski definition) is 2. The first-order valence-corrected chi connectivity index (χ1v) is 6.92. The van der Waals surface area contributed by atoms with Crippen LogP contribution in [0.1, 0.15) is 24.5 Å². The minimum Gasteiger partial charge on any atom is -0.360 e. The van der Waals surface area contributed by atoms with Crippen molar-refractivity contribution in [3.63, 3.8) is 0 Å². The van der Waals surface area contributed by atoms with Crippen LogP contribution < -0.4 is 5.32 Å². The van der Waals surface area contributed by atoms with Gasteiger partial charge in [0.25, 0.3) is 0 Å². The minimum atomic E-state index is -4.59. The molecule has 0 radical (unpaired) electrons. The molecule has 10 heteroatoms. The van der Waals surface area contributed by atoms with Crippen LogP contribution in [0.25, 0.3) is 11.4 Å². The highest BCUT2D eigenvalue weighted by Gasteiger charge is 2.34. The molecule has 0 fully saturated rings. The first-order chi connectivity index (χ1) is 11.4. The van der Waals surface area contributed by atoms with Gasteiger partial charge >= 0.3 is 6.18 Å². The van der Waals surface area contributed by atoms with Crippen molar-refractivity contribution < 1.29 is 13.2 Å². The zero-order valence-corrected chi connectivity index (χ0v) is 12.4. The lowest BCUT2D eigenvalue weighted by Gasteiger charge is -2.15. The number of aromatic amines is 1. The minimum absolute atomic E-state index is 0.0279. The molecular weight excluding hydrogens is 323 g/mol. The Balaban J connectivity index is 1.99. The maximum absolute atomic E-state index is 13.1. The summed E-state index contributed by atoms with van der Waals surface area (Å²) in [6, 6.07) is 3.63. The Labute approximate surface area is 134 Å². The molecule has 0 bridgehead atoms.